The predicted molar refractivity (Wildman–Crippen MR) is 110 cm³/mol. The molecule has 3 rings (SSSR count). The first-order valence-electron chi connectivity index (χ1n) is 8.96. The van der Waals surface area contributed by atoms with Gasteiger partial charge in [0.25, 0.3) is 0 Å². The van der Waals surface area contributed by atoms with Crippen LogP contribution in [-0.4, -0.2) is 39.8 Å². The van der Waals surface area contributed by atoms with Gasteiger partial charge in [0.1, 0.15) is 6.61 Å². The molecule has 7 nitrogen and oxygen atoms in total. The molecule has 0 saturated carbocycles. The van der Waals surface area contributed by atoms with Gasteiger partial charge in [-0.05, 0) is 38.5 Å². The number of aryl methyl sites for hydroxylation is 3. The number of benzene rings is 1. The average molecular weight is 411 g/mol. The van der Waals surface area contributed by atoms with Crippen molar-refractivity contribution in [1.29, 1.82) is 0 Å². The maximum Gasteiger partial charge on any atom is 0.340 e. The number of pyridine rings is 1. The number of nitrogens with zero attached hydrogens (tertiary/aromatic N) is 3. The van der Waals surface area contributed by atoms with Gasteiger partial charge in [-0.15, -0.1) is 0 Å². The Kier molecular flexibility index (Phi) is 6.43. The zero-order valence-corrected chi connectivity index (χ0v) is 17.5. The first-order chi connectivity index (χ1) is 13.9. The highest BCUT2D eigenvalue weighted by Gasteiger charge is 2.20. The third-order valence-corrected chi connectivity index (χ3v) is 5.09. The topological polar surface area (TPSA) is 91.3 Å². The van der Waals surface area contributed by atoms with E-state index in [-0.39, 0.29) is 12.4 Å². The summed E-state index contributed by atoms with van der Waals surface area (Å²) in [4.78, 5) is 37.6. The number of para-hydroxylation sites is 1. The maximum absolute atomic E-state index is 12.3. The van der Waals surface area contributed by atoms with Crippen LogP contribution in [0.15, 0.2) is 35.5 Å². The molecule has 0 radical (unpaired) electrons. The zero-order chi connectivity index (χ0) is 21.0. The number of aromatic nitrogens is 3. The van der Waals surface area contributed by atoms with Crippen LogP contribution in [0.5, 0.6) is 0 Å². The summed E-state index contributed by atoms with van der Waals surface area (Å²) < 4.78 is 10.3. The van der Waals surface area contributed by atoms with Gasteiger partial charge in [0, 0.05) is 16.8 Å². The van der Waals surface area contributed by atoms with E-state index in [9.17, 15) is 9.59 Å². The third-order valence-electron chi connectivity index (χ3n) is 4.27. The van der Waals surface area contributed by atoms with Crippen molar-refractivity contribution in [3.63, 3.8) is 0 Å². The molecule has 0 aliphatic carbocycles. The van der Waals surface area contributed by atoms with Crippen molar-refractivity contribution in [2.75, 3.05) is 12.9 Å². The van der Waals surface area contributed by atoms with Gasteiger partial charge in [0.2, 0.25) is 0 Å². The SMILES string of the molecule is COC(=O)c1c(COC(=O)CSc2nc(C)cc(C)n2)nc2ccccc2c1C. The summed E-state index contributed by atoms with van der Waals surface area (Å²) in [5.41, 5.74) is 3.84. The van der Waals surface area contributed by atoms with Crippen LogP contribution in [-0.2, 0) is 20.9 Å². The van der Waals surface area contributed by atoms with Gasteiger partial charge < -0.3 is 9.47 Å². The van der Waals surface area contributed by atoms with Crippen molar-refractivity contribution in [2.24, 2.45) is 0 Å². The lowest BCUT2D eigenvalue weighted by molar-refractivity contribution is -0.141. The minimum Gasteiger partial charge on any atom is -0.465 e. The first kappa shape index (κ1) is 20.7. The molecule has 150 valence electrons. The van der Waals surface area contributed by atoms with Crippen molar-refractivity contribution in [3.05, 3.63) is 58.5 Å². The van der Waals surface area contributed by atoms with Crippen LogP contribution < -0.4 is 0 Å². The number of thioether (sulfide) groups is 1. The Morgan fingerprint density at radius 3 is 2.41 bits per heavy atom. The molecule has 2 aromatic heterocycles. The van der Waals surface area contributed by atoms with Crippen molar-refractivity contribution < 1.29 is 19.1 Å². The van der Waals surface area contributed by atoms with Gasteiger partial charge in [-0.2, -0.15) is 0 Å². The highest BCUT2D eigenvalue weighted by molar-refractivity contribution is 7.99. The normalized spacial score (nSPS) is 10.8. The van der Waals surface area contributed by atoms with Crippen LogP contribution >= 0.6 is 11.8 Å². The molecule has 1 aromatic carbocycles. The number of rotatable bonds is 6. The van der Waals surface area contributed by atoms with Gasteiger partial charge in [0.05, 0.1) is 29.6 Å². The number of methoxy groups -OCH3 is 1. The molecule has 0 fully saturated rings. The molecule has 0 bridgehead atoms. The monoisotopic (exact) mass is 411 g/mol. The summed E-state index contributed by atoms with van der Waals surface area (Å²) >= 11 is 1.20. The lowest BCUT2D eigenvalue weighted by atomic mass is 10.0. The molecule has 0 aliphatic rings. The number of fused-ring (bicyclic) bond motifs is 1. The predicted octanol–water partition coefficient (Wildman–Crippen LogP) is 3.57. The Bertz CT molecular complexity index is 1060. The minimum absolute atomic E-state index is 0.0585. The zero-order valence-electron chi connectivity index (χ0n) is 16.7. The number of carbonyl (C=O) groups excluding carboxylic acids is 2. The molecular weight excluding hydrogens is 390 g/mol. The molecule has 2 heterocycles. The quantitative estimate of drug-likeness (QED) is 0.345. The second-order valence-electron chi connectivity index (χ2n) is 6.45. The van der Waals surface area contributed by atoms with Gasteiger partial charge >= 0.3 is 11.9 Å². The molecule has 0 N–H and O–H groups in total. The van der Waals surface area contributed by atoms with E-state index in [1.54, 1.807) is 0 Å². The Morgan fingerprint density at radius 1 is 1.03 bits per heavy atom. The number of hydrogen-bond acceptors (Lipinski definition) is 8. The van der Waals surface area contributed by atoms with E-state index >= 15 is 0 Å². The van der Waals surface area contributed by atoms with Crippen molar-refractivity contribution in [3.8, 4) is 0 Å². The van der Waals surface area contributed by atoms with Crippen molar-refractivity contribution in [1.82, 2.24) is 15.0 Å². The Morgan fingerprint density at radius 2 is 1.72 bits per heavy atom. The van der Waals surface area contributed by atoms with Crippen LogP contribution in [0.2, 0.25) is 0 Å². The highest BCUT2D eigenvalue weighted by Crippen LogP contribution is 2.24. The smallest absolute Gasteiger partial charge is 0.340 e. The van der Waals surface area contributed by atoms with Gasteiger partial charge in [-0.1, -0.05) is 30.0 Å². The summed E-state index contributed by atoms with van der Waals surface area (Å²) in [6, 6.07) is 9.35. The minimum atomic E-state index is -0.509. The maximum atomic E-state index is 12.3. The summed E-state index contributed by atoms with van der Waals surface area (Å²) in [5.74, 6) is -0.894. The van der Waals surface area contributed by atoms with E-state index in [0.29, 0.717) is 16.4 Å². The van der Waals surface area contributed by atoms with E-state index in [1.807, 2.05) is 51.1 Å². The molecule has 0 saturated heterocycles. The van der Waals surface area contributed by atoms with Crippen LogP contribution in [0.25, 0.3) is 10.9 Å². The lowest BCUT2D eigenvalue weighted by Crippen LogP contribution is -2.15. The number of carbonyl (C=O) groups is 2. The van der Waals surface area contributed by atoms with E-state index in [0.717, 1.165) is 27.9 Å². The van der Waals surface area contributed by atoms with Crippen LogP contribution in [0.4, 0.5) is 0 Å². The molecule has 3 aromatic rings. The van der Waals surface area contributed by atoms with Gasteiger partial charge in [0.15, 0.2) is 5.16 Å². The van der Waals surface area contributed by atoms with E-state index < -0.39 is 11.9 Å². The summed E-state index contributed by atoms with van der Waals surface area (Å²) in [5, 5.41) is 1.37. The van der Waals surface area contributed by atoms with Gasteiger partial charge in [-0.3, -0.25) is 4.79 Å². The molecule has 0 unspecified atom stereocenters. The second kappa shape index (κ2) is 9.00. The fourth-order valence-corrected chi connectivity index (χ4v) is 3.74. The summed E-state index contributed by atoms with van der Waals surface area (Å²) in [6.45, 7) is 5.45. The molecular formula is C21H21N3O4S. The fraction of sp³-hybridized carbons (Fsp3) is 0.286. The van der Waals surface area contributed by atoms with Crippen LogP contribution in [0, 0.1) is 20.8 Å². The largest absolute Gasteiger partial charge is 0.465 e. The van der Waals surface area contributed by atoms with Gasteiger partial charge in [-0.25, -0.2) is 19.7 Å². The van der Waals surface area contributed by atoms with Crippen LogP contribution in [0.1, 0.15) is 33.0 Å². The number of ether oxygens (including phenoxy) is 2. The van der Waals surface area contributed by atoms with E-state index in [4.69, 9.17) is 9.47 Å². The standard InChI is InChI=1S/C21H21N3O4S/c1-12-9-13(2)23-21(22-12)29-11-18(25)28-10-17-19(20(26)27-4)14(3)15-7-5-6-8-16(15)24-17/h5-9H,10-11H2,1-4H3. The number of esters is 2. The molecule has 8 heteroatoms. The van der Waals surface area contributed by atoms with E-state index in [1.165, 1.54) is 18.9 Å². The Hall–Kier alpha value is -3.00. The van der Waals surface area contributed by atoms with Crippen molar-refractivity contribution >= 4 is 34.6 Å². The molecule has 0 amide bonds. The Balaban J connectivity index is 1.75. The Labute approximate surface area is 172 Å². The average Bonchev–Trinajstić information content (AvgIpc) is 2.69. The molecule has 0 atom stereocenters. The number of hydrogen-bond donors (Lipinski definition) is 0. The highest BCUT2D eigenvalue weighted by atomic mass is 32.2. The third kappa shape index (κ3) is 4.89. The molecule has 29 heavy (non-hydrogen) atoms. The lowest BCUT2D eigenvalue weighted by Gasteiger charge is -2.13. The van der Waals surface area contributed by atoms with Crippen molar-refractivity contribution in [2.45, 2.75) is 32.5 Å². The van der Waals surface area contributed by atoms with E-state index in [2.05, 4.69) is 15.0 Å². The second-order valence-corrected chi connectivity index (χ2v) is 7.39. The van der Waals surface area contributed by atoms with Crippen LogP contribution in [0.3, 0.4) is 0 Å². The summed E-state index contributed by atoms with van der Waals surface area (Å²) in [6.07, 6.45) is 0. The fourth-order valence-electron chi connectivity index (χ4n) is 2.99. The first-order valence-corrected chi connectivity index (χ1v) is 9.95. The summed E-state index contributed by atoms with van der Waals surface area (Å²) in [7, 11) is 1.31. The molecule has 0 aliphatic heterocycles. The molecule has 0 spiro atoms.